The van der Waals surface area contributed by atoms with E-state index >= 15 is 0 Å². The predicted molar refractivity (Wildman–Crippen MR) is 287 cm³/mol. The molecule has 2 N–H and O–H groups in total. The van der Waals surface area contributed by atoms with E-state index in [1.54, 1.807) is 24.3 Å². The van der Waals surface area contributed by atoms with E-state index in [0.29, 0.717) is 58.2 Å². The number of hydrogen-bond acceptors (Lipinski definition) is 8. The van der Waals surface area contributed by atoms with Crippen LogP contribution in [0.4, 0.5) is 11.4 Å². The molecule has 1 aromatic heterocycles. The number of ether oxygens (including phenoxy) is 1. The number of unbranched alkanes of at least 4 members (excludes halogenated alkanes) is 2. The van der Waals surface area contributed by atoms with Gasteiger partial charge in [-0.25, -0.2) is 9.21 Å². The molecular formula is C61H57N2O8+. The molecule has 10 nitrogen and oxygen atoms in total. The largest absolute Gasteiger partial charge is 0.508 e. The van der Waals surface area contributed by atoms with E-state index in [1.807, 2.05) is 24.3 Å². The van der Waals surface area contributed by atoms with Crippen molar-refractivity contribution in [3.8, 4) is 39.3 Å². The number of allylic oxidation sites excluding steroid dienone is 2. The number of hydrogen-bond donors (Lipinski definition) is 2. The first-order chi connectivity index (χ1) is 33.9. The first-order valence-corrected chi connectivity index (χ1v) is 24.2. The molecule has 0 saturated heterocycles. The van der Waals surface area contributed by atoms with Crippen molar-refractivity contribution in [2.24, 2.45) is 0 Å². The highest BCUT2D eigenvalue weighted by molar-refractivity contribution is 6.12. The second-order valence-electron chi connectivity index (χ2n) is 20.2. The van der Waals surface area contributed by atoms with Crippen molar-refractivity contribution in [1.82, 2.24) is 0 Å². The number of fused-ring (bicyclic) bond motifs is 6. The van der Waals surface area contributed by atoms with Gasteiger partial charge in [-0.15, -0.1) is 0 Å². The Kier molecular flexibility index (Phi) is 11.7. The molecular weight excluding hydrogens is 889 g/mol. The van der Waals surface area contributed by atoms with Gasteiger partial charge in [0.05, 0.1) is 57.5 Å². The molecule has 0 fully saturated rings. The van der Waals surface area contributed by atoms with Crippen molar-refractivity contribution in [2.45, 2.75) is 78.3 Å². The number of carboxylic acids is 1. The zero-order valence-electron chi connectivity index (χ0n) is 41.4. The summed E-state index contributed by atoms with van der Waals surface area (Å²) in [4.78, 5) is 42.4. The van der Waals surface area contributed by atoms with Gasteiger partial charge < -0.3 is 29.2 Å². The highest BCUT2D eigenvalue weighted by Crippen LogP contribution is 2.48. The summed E-state index contributed by atoms with van der Waals surface area (Å²) in [6.45, 7) is 13.4. The normalized spacial score (nSPS) is 15.0. The molecule has 4 heterocycles. The Labute approximate surface area is 412 Å². The summed E-state index contributed by atoms with van der Waals surface area (Å²) in [6.07, 6.45) is 10.3. The predicted octanol–water partition coefficient (Wildman–Crippen LogP) is 14.4. The minimum atomic E-state index is -0.860. The molecule has 4 aliphatic rings. The lowest BCUT2D eigenvalue weighted by Crippen LogP contribution is -2.42. The number of carbonyl (C=O) groups is 2. The van der Waals surface area contributed by atoms with Gasteiger partial charge in [-0.2, -0.15) is 0 Å². The van der Waals surface area contributed by atoms with E-state index in [9.17, 15) is 19.5 Å². The Hall–Kier alpha value is -7.98. The Balaban J connectivity index is 1.05. The first-order valence-electron chi connectivity index (χ1n) is 24.2. The van der Waals surface area contributed by atoms with E-state index in [4.69, 9.17) is 18.7 Å². The lowest BCUT2D eigenvalue weighted by atomic mass is 9.85. The van der Waals surface area contributed by atoms with E-state index in [-0.39, 0.29) is 35.3 Å². The van der Waals surface area contributed by atoms with Crippen LogP contribution >= 0.6 is 0 Å². The molecule has 10 heteroatoms. The fourth-order valence-electron chi connectivity index (χ4n) is 10.4. The summed E-state index contributed by atoms with van der Waals surface area (Å²) >= 11 is 0. The second-order valence-corrected chi connectivity index (χ2v) is 20.2. The summed E-state index contributed by atoms with van der Waals surface area (Å²) in [7, 11) is 4.28. The molecule has 358 valence electrons. The number of nitrogens with zero attached hydrogens (tertiary/aromatic N) is 2. The van der Waals surface area contributed by atoms with Crippen LogP contribution in [0.15, 0.2) is 129 Å². The summed E-state index contributed by atoms with van der Waals surface area (Å²) in [6, 6.07) is 32.4. The van der Waals surface area contributed by atoms with Gasteiger partial charge in [-0.1, -0.05) is 60.7 Å². The van der Waals surface area contributed by atoms with Crippen LogP contribution < -0.4 is 15.2 Å². The molecule has 10 rings (SSSR count). The molecule has 6 aromatic rings. The van der Waals surface area contributed by atoms with E-state index in [2.05, 4.69) is 126 Å². The Morgan fingerprint density at radius 3 is 1.90 bits per heavy atom. The summed E-state index contributed by atoms with van der Waals surface area (Å²) in [5, 5.41) is 22.2. The maximum Gasteiger partial charge on any atom is 0.363 e. The Morgan fingerprint density at radius 2 is 1.27 bits per heavy atom. The third-order valence-electron chi connectivity index (χ3n) is 14.5. The molecule has 1 aliphatic carbocycles. The van der Waals surface area contributed by atoms with Crippen LogP contribution in [0.5, 0.6) is 5.75 Å². The maximum atomic E-state index is 14.2. The Morgan fingerprint density at radius 1 is 0.662 bits per heavy atom. The topological polar surface area (TPSA) is 132 Å². The van der Waals surface area contributed by atoms with Gasteiger partial charge in [0.15, 0.2) is 5.43 Å². The zero-order valence-corrected chi connectivity index (χ0v) is 41.4. The fourth-order valence-corrected chi connectivity index (χ4v) is 10.4. The van der Waals surface area contributed by atoms with Gasteiger partial charge in [0.2, 0.25) is 0 Å². The number of carboxylic acid groups (broad SMARTS) is 1. The molecule has 0 saturated carbocycles. The van der Waals surface area contributed by atoms with Crippen LogP contribution in [0.1, 0.15) is 99.8 Å². The number of carbonyl (C=O) groups excluding carboxylic acids is 1. The van der Waals surface area contributed by atoms with Gasteiger partial charge in [0.25, 0.3) is 0 Å². The lowest BCUT2D eigenvalue weighted by Gasteiger charge is -2.40. The second kappa shape index (κ2) is 17.8. The summed E-state index contributed by atoms with van der Waals surface area (Å²) < 4.78 is 18.9. The number of likely N-dealkylation sites (N-methyl/N-ethyl adjacent to an activating group) is 2. The van der Waals surface area contributed by atoms with Crippen molar-refractivity contribution < 1.29 is 33.4 Å². The number of rotatable bonds is 11. The molecule has 5 aromatic carbocycles. The summed E-state index contributed by atoms with van der Waals surface area (Å²) in [5.74, 6) is -1.10. The van der Waals surface area contributed by atoms with Crippen LogP contribution in [-0.2, 0) is 9.53 Å². The zero-order chi connectivity index (χ0) is 50.1. The maximum absolute atomic E-state index is 14.2. The van der Waals surface area contributed by atoms with E-state index < -0.39 is 11.9 Å². The molecule has 0 bridgehead atoms. The van der Waals surface area contributed by atoms with Gasteiger partial charge in [-0.05, 0) is 137 Å². The van der Waals surface area contributed by atoms with Crippen LogP contribution in [0.3, 0.4) is 0 Å². The molecule has 0 unspecified atom stereocenters. The van der Waals surface area contributed by atoms with Crippen molar-refractivity contribution >= 4 is 79.5 Å². The summed E-state index contributed by atoms with van der Waals surface area (Å²) in [5.41, 5.74) is 14.4. The van der Waals surface area contributed by atoms with Crippen LogP contribution in [0.25, 0.3) is 89.8 Å². The SMILES string of the molecule is CC1=CC(C)(C)N(C)c2cc3[o+]c4cc5c(cc4c(-c4ccc(/C=C/c6ccc(-c7c8ccc(=O)cc-8oc8cc(O)ccc78)c(C(=O)OCCCCCC(=O)O)c6)cc4)c3cc21)C(C)=CC(C)(C)N5C. The average Bonchev–Trinajstić information content (AvgIpc) is 3.33. The van der Waals surface area contributed by atoms with Crippen molar-refractivity contribution in [3.63, 3.8) is 0 Å². The van der Waals surface area contributed by atoms with Crippen LogP contribution in [0, 0.1) is 0 Å². The van der Waals surface area contributed by atoms with Crippen LogP contribution in [-0.4, -0.2) is 53.9 Å². The number of aromatic hydroxyl groups is 1. The van der Waals surface area contributed by atoms with Gasteiger partial charge >= 0.3 is 23.1 Å². The minimum Gasteiger partial charge on any atom is -0.508 e. The number of benzene rings is 6. The van der Waals surface area contributed by atoms with Crippen LogP contribution in [0.2, 0.25) is 0 Å². The fraction of sp³-hybridized carbons (Fsp3) is 0.246. The Bertz CT molecular complexity index is 3530. The minimum absolute atomic E-state index is 0.00610. The average molecular weight is 946 g/mol. The van der Waals surface area contributed by atoms with E-state index in [1.165, 1.54) is 40.5 Å². The van der Waals surface area contributed by atoms with Crippen molar-refractivity contribution in [2.75, 3.05) is 30.5 Å². The number of aliphatic carboxylic acids is 1. The molecule has 0 radical (unpaired) electrons. The highest BCUT2D eigenvalue weighted by atomic mass is 16.5. The van der Waals surface area contributed by atoms with Gasteiger partial charge in [0, 0.05) is 65.9 Å². The van der Waals surface area contributed by atoms with Crippen molar-refractivity contribution in [1.29, 1.82) is 0 Å². The smallest absolute Gasteiger partial charge is 0.363 e. The van der Waals surface area contributed by atoms with Gasteiger partial charge in [0.1, 0.15) is 17.1 Å². The monoisotopic (exact) mass is 945 g/mol. The quantitative estimate of drug-likeness (QED) is 0.0425. The first kappa shape index (κ1) is 46.7. The third kappa shape index (κ3) is 8.62. The molecule has 0 atom stereocenters. The molecule has 71 heavy (non-hydrogen) atoms. The van der Waals surface area contributed by atoms with Gasteiger partial charge in [-0.3, -0.25) is 9.59 Å². The number of phenols is 1. The lowest BCUT2D eigenvalue weighted by molar-refractivity contribution is -0.137. The molecule has 0 amide bonds. The highest BCUT2D eigenvalue weighted by Gasteiger charge is 2.35. The molecule has 3 aliphatic heterocycles. The van der Waals surface area contributed by atoms with E-state index in [0.717, 1.165) is 55.6 Å². The number of phenolic OH excluding ortho intramolecular Hbond substituents is 1. The molecule has 0 spiro atoms. The number of anilines is 2. The van der Waals surface area contributed by atoms with Crippen molar-refractivity contribution in [3.05, 3.63) is 153 Å². The number of esters is 1. The third-order valence-corrected chi connectivity index (χ3v) is 14.5. The standard InChI is InChI=1S/C61H56N2O8/c1-35-33-60(3,4)62(7)50-31-54-48(29-45(35)50)57(49-30-46-36(2)34-61(5,6)63(8)51(46)32-55(49)71-54)39-18-15-37(16-19-39)13-14-38-17-22-42(47(26-38)59(68)69-25-11-9-10-12-56(66)67)58-43-23-20-40(64)27-52(43)70-53-28-41(65)21-24-44(53)58/h13-24,26-34H,9-12,25H2,1-8H3,(H-,64,65,66,67)/p+1/b14-13+.